The van der Waals surface area contributed by atoms with Crippen LogP contribution >= 0.6 is 11.3 Å². The van der Waals surface area contributed by atoms with E-state index < -0.39 is 5.97 Å². The van der Waals surface area contributed by atoms with Gasteiger partial charge in [0.05, 0.1) is 10.4 Å². The monoisotopic (exact) mass is 261 g/mol. The van der Waals surface area contributed by atoms with Gasteiger partial charge in [0.15, 0.2) is 0 Å². The third kappa shape index (κ3) is 2.57. The van der Waals surface area contributed by atoms with Crippen molar-refractivity contribution >= 4 is 28.9 Å². The maximum Gasteiger partial charge on any atom is 0.336 e. The molecule has 92 valence electrons. The summed E-state index contributed by atoms with van der Waals surface area (Å²) in [4.78, 5) is 23.4. The fourth-order valence-corrected chi connectivity index (χ4v) is 2.15. The number of anilines is 1. The van der Waals surface area contributed by atoms with Gasteiger partial charge in [-0.05, 0) is 36.1 Å². The molecule has 0 aliphatic rings. The average molecular weight is 261 g/mol. The largest absolute Gasteiger partial charge is 0.478 e. The minimum absolute atomic E-state index is 0.193. The lowest BCUT2D eigenvalue weighted by atomic mass is 10.1. The lowest BCUT2D eigenvalue weighted by Gasteiger charge is -2.06. The van der Waals surface area contributed by atoms with Crippen LogP contribution in [0, 0.1) is 6.92 Å². The maximum atomic E-state index is 11.8. The van der Waals surface area contributed by atoms with E-state index in [1.54, 1.807) is 31.2 Å². The van der Waals surface area contributed by atoms with Crippen molar-refractivity contribution in [1.82, 2.24) is 0 Å². The summed E-state index contributed by atoms with van der Waals surface area (Å²) in [5, 5.41) is 13.5. The molecule has 0 bridgehead atoms. The minimum Gasteiger partial charge on any atom is -0.478 e. The van der Waals surface area contributed by atoms with Crippen molar-refractivity contribution in [2.45, 2.75) is 6.92 Å². The second-order valence-electron chi connectivity index (χ2n) is 3.77. The van der Waals surface area contributed by atoms with E-state index in [2.05, 4.69) is 5.32 Å². The molecule has 4 nitrogen and oxygen atoms in total. The zero-order valence-electron chi connectivity index (χ0n) is 9.64. The highest BCUT2D eigenvalue weighted by Gasteiger charge is 2.11. The number of aryl methyl sites for hydroxylation is 1. The number of hydrogen-bond acceptors (Lipinski definition) is 3. The van der Waals surface area contributed by atoms with Gasteiger partial charge in [0.25, 0.3) is 5.91 Å². The normalized spacial score (nSPS) is 10.1. The van der Waals surface area contributed by atoms with Crippen molar-refractivity contribution in [3.63, 3.8) is 0 Å². The summed E-state index contributed by atoms with van der Waals surface area (Å²) >= 11 is 1.34. The summed E-state index contributed by atoms with van der Waals surface area (Å²) in [6.07, 6.45) is 0. The van der Waals surface area contributed by atoms with Crippen molar-refractivity contribution in [2.24, 2.45) is 0 Å². The van der Waals surface area contributed by atoms with Crippen molar-refractivity contribution in [1.29, 1.82) is 0 Å². The molecule has 0 fully saturated rings. The number of carbonyl (C=O) groups is 2. The smallest absolute Gasteiger partial charge is 0.336 e. The van der Waals surface area contributed by atoms with E-state index in [9.17, 15) is 9.59 Å². The first-order chi connectivity index (χ1) is 8.58. The molecule has 0 unspecified atom stereocenters. The van der Waals surface area contributed by atoms with Gasteiger partial charge in [-0.25, -0.2) is 4.79 Å². The Bertz CT molecular complexity index is 590. The molecule has 1 amide bonds. The molecular formula is C13H11NO3S. The molecule has 1 heterocycles. The summed E-state index contributed by atoms with van der Waals surface area (Å²) in [5.74, 6) is -1.23. The number of rotatable bonds is 3. The predicted molar refractivity (Wildman–Crippen MR) is 70.4 cm³/mol. The van der Waals surface area contributed by atoms with Crippen LogP contribution in [0.2, 0.25) is 0 Å². The van der Waals surface area contributed by atoms with Crippen molar-refractivity contribution in [2.75, 3.05) is 5.32 Å². The van der Waals surface area contributed by atoms with Gasteiger partial charge in [-0.2, -0.15) is 0 Å². The van der Waals surface area contributed by atoms with Crippen molar-refractivity contribution in [3.05, 3.63) is 51.7 Å². The molecule has 0 radical (unpaired) electrons. The second-order valence-corrected chi connectivity index (χ2v) is 4.71. The van der Waals surface area contributed by atoms with Crippen molar-refractivity contribution < 1.29 is 14.7 Å². The van der Waals surface area contributed by atoms with Crippen LogP contribution in [0.25, 0.3) is 0 Å². The van der Waals surface area contributed by atoms with Crippen LogP contribution in [0.15, 0.2) is 35.7 Å². The summed E-state index contributed by atoms with van der Waals surface area (Å²) in [5.41, 5.74) is 1.34. The van der Waals surface area contributed by atoms with Crippen molar-refractivity contribution in [3.8, 4) is 0 Å². The number of carboxylic acid groups (broad SMARTS) is 1. The number of nitrogens with one attached hydrogen (secondary N) is 1. The molecule has 2 rings (SSSR count). The van der Waals surface area contributed by atoms with Crippen LogP contribution in [0.4, 0.5) is 5.69 Å². The van der Waals surface area contributed by atoms with E-state index in [0.29, 0.717) is 16.1 Å². The first-order valence-electron chi connectivity index (χ1n) is 5.27. The molecule has 0 spiro atoms. The Morgan fingerprint density at radius 3 is 2.67 bits per heavy atom. The Morgan fingerprint density at radius 2 is 2.06 bits per heavy atom. The zero-order chi connectivity index (χ0) is 13.1. The number of benzene rings is 1. The Kier molecular flexibility index (Phi) is 3.43. The molecule has 0 saturated heterocycles. The Morgan fingerprint density at radius 1 is 1.28 bits per heavy atom. The van der Waals surface area contributed by atoms with E-state index >= 15 is 0 Å². The highest BCUT2D eigenvalue weighted by atomic mass is 32.1. The summed E-state index contributed by atoms with van der Waals surface area (Å²) in [6.45, 7) is 1.72. The highest BCUT2D eigenvalue weighted by Crippen LogP contribution is 2.17. The van der Waals surface area contributed by atoms with Crippen LogP contribution in [-0.2, 0) is 0 Å². The van der Waals surface area contributed by atoms with Gasteiger partial charge in [0.1, 0.15) is 0 Å². The maximum absolute atomic E-state index is 11.8. The Labute approximate surface area is 108 Å². The second kappa shape index (κ2) is 5.01. The summed E-state index contributed by atoms with van der Waals surface area (Å²) < 4.78 is 0. The minimum atomic E-state index is -1.00. The number of carbonyl (C=O) groups excluding carboxylic acids is 1. The van der Waals surface area contributed by atoms with Gasteiger partial charge in [-0.1, -0.05) is 12.1 Å². The SMILES string of the molecule is Cc1ccc(NC(=O)c2cccs2)cc1C(=O)O. The van der Waals surface area contributed by atoms with Crippen LogP contribution < -0.4 is 5.32 Å². The third-order valence-electron chi connectivity index (χ3n) is 2.47. The summed E-state index contributed by atoms with van der Waals surface area (Å²) in [7, 11) is 0. The molecule has 1 aromatic heterocycles. The molecule has 0 aliphatic heterocycles. The molecule has 5 heteroatoms. The predicted octanol–water partition coefficient (Wildman–Crippen LogP) is 3.01. The van der Waals surface area contributed by atoms with Crippen LogP contribution in [0.5, 0.6) is 0 Å². The molecular weight excluding hydrogens is 250 g/mol. The third-order valence-corrected chi connectivity index (χ3v) is 3.34. The number of thiophene rings is 1. The van der Waals surface area contributed by atoms with Crippen LogP contribution in [-0.4, -0.2) is 17.0 Å². The number of aromatic carboxylic acids is 1. The lowest BCUT2D eigenvalue weighted by Crippen LogP contribution is -2.11. The molecule has 0 atom stereocenters. The van der Waals surface area contributed by atoms with E-state index in [4.69, 9.17) is 5.11 Å². The Balaban J connectivity index is 2.22. The van der Waals surface area contributed by atoms with Gasteiger partial charge >= 0.3 is 5.97 Å². The topological polar surface area (TPSA) is 66.4 Å². The van der Waals surface area contributed by atoms with Gasteiger partial charge in [-0.15, -0.1) is 11.3 Å². The fraction of sp³-hybridized carbons (Fsp3) is 0.0769. The number of hydrogen-bond donors (Lipinski definition) is 2. The first-order valence-corrected chi connectivity index (χ1v) is 6.14. The van der Waals surface area contributed by atoms with Crippen LogP contribution in [0.1, 0.15) is 25.6 Å². The van der Waals surface area contributed by atoms with E-state index in [0.717, 1.165) is 0 Å². The average Bonchev–Trinajstić information content (AvgIpc) is 2.85. The molecule has 2 aromatic rings. The standard InChI is InChI=1S/C13H11NO3S/c1-8-4-5-9(7-10(8)13(16)17)14-12(15)11-3-2-6-18-11/h2-7H,1H3,(H,14,15)(H,16,17). The van der Waals surface area contributed by atoms with Gasteiger partial charge in [0, 0.05) is 5.69 Å². The van der Waals surface area contributed by atoms with E-state index in [1.165, 1.54) is 17.4 Å². The van der Waals surface area contributed by atoms with E-state index in [1.807, 2.05) is 5.38 Å². The molecule has 18 heavy (non-hydrogen) atoms. The lowest BCUT2D eigenvalue weighted by molar-refractivity contribution is 0.0695. The molecule has 1 aromatic carbocycles. The van der Waals surface area contributed by atoms with Gasteiger partial charge in [-0.3, -0.25) is 4.79 Å². The zero-order valence-corrected chi connectivity index (χ0v) is 10.5. The number of amides is 1. The molecule has 0 saturated carbocycles. The molecule has 2 N–H and O–H groups in total. The van der Waals surface area contributed by atoms with E-state index in [-0.39, 0.29) is 11.5 Å². The number of carboxylic acids is 1. The molecule has 0 aliphatic carbocycles. The Hall–Kier alpha value is -2.14. The van der Waals surface area contributed by atoms with Gasteiger partial charge in [0.2, 0.25) is 0 Å². The van der Waals surface area contributed by atoms with Crippen LogP contribution in [0.3, 0.4) is 0 Å². The fourth-order valence-electron chi connectivity index (χ4n) is 1.53. The first kappa shape index (κ1) is 12.3. The van der Waals surface area contributed by atoms with Gasteiger partial charge < -0.3 is 10.4 Å². The summed E-state index contributed by atoms with van der Waals surface area (Å²) in [6, 6.07) is 8.33. The highest BCUT2D eigenvalue weighted by molar-refractivity contribution is 7.12. The quantitative estimate of drug-likeness (QED) is 0.892.